The van der Waals surface area contributed by atoms with Crippen molar-refractivity contribution in [1.29, 1.82) is 0 Å². The number of aliphatic carboxylic acids is 1. The largest absolute Gasteiger partial charge is 0.481 e. The van der Waals surface area contributed by atoms with Crippen LogP contribution in [0.4, 0.5) is 0 Å². The Morgan fingerprint density at radius 3 is 2.78 bits per heavy atom. The zero-order valence-corrected chi connectivity index (χ0v) is 11.7. The molecule has 1 aliphatic carbocycles. The van der Waals surface area contributed by atoms with E-state index < -0.39 is 5.97 Å². The molecule has 0 atom stereocenters. The van der Waals surface area contributed by atoms with Crippen LogP contribution in [0.5, 0.6) is 0 Å². The van der Waals surface area contributed by atoms with E-state index in [2.05, 4.69) is 28.6 Å². The molecule has 1 saturated carbocycles. The van der Waals surface area contributed by atoms with E-state index in [9.17, 15) is 4.79 Å². The van der Waals surface area contributed by atoms with Gasteiger partial charge < -0.3 is 9.67 Å². The fraction of sp³-hybridized carbons (Fsp3) is 0.750. The summed E-state index contributed by atoms with van der Waals surface area (Å²) in [4.78, 5) is 10.6. The maximum Gasteiger partial charge on any atom is 0.313 e. The molecule has 1 aromatic heterocycles. The minimum absolute atomic E-state index is 0.0426. The molecule has 0 saturated heterocycles. The van der Waals surface area contributed by atoms with E-state index >= 15 is 0 Å². The fourth-order valence-electron chi connectivity index (χ4n) is 1.87. The number of aromatic nitrogens is 3. The van der Waals surface area contributed by atoms with Crippen molar-refractivity contribution < 1.29 is 9.90 Å². The van der Waals surface area contributed by atoms with E-state index in [0.29, 0.717) is 5.41 Å². The van der Waals surface area contributed by atoms with Crippen LogP contribution in [-0.4, -0.2) is 31.6 Å². The van der Waals surface area contributed by atoms with Crippen LogP contribution < -0.4 is 0 Å². The van der Waals surface area contributed by atoms with Gasteiger partial charge in [-0.1, -0.05) is 25.6 Å². The molecule has 0 radical (unpaired) electrons. The van der Waals surface area contributed by atoms with Crippen molar-refractivity contribution in [3.63, 3.8) is 0 Å². The van der Waals surface area contributed by atoms with Crippen LogP contribution in [0, 0.1) is 5.41 Å². The third-order valence-corrected chi connectivity index (χ3v) is 4.19. The quantitative estimate of drug-likeness (QED) is 0.769. The van der Waals surface area contributed by atoms with Gasteiger partial charge in [0.25, 0.3) is 0 Å². The molecule has 0 amide bonds. The maximum absolute atomic E-state index is 10.6. The first kappa shape index (κ1) is 13.4. The number of hydrogen-bond donors (Lipinski definition) is 1. The second-order valence-electron chi connectivity index (χ2n) is 5.23. The average molecular weight is 269 g/mol. The standard InChI is InChI=1S/C12H19N3O2S/c1-3-4-9-13-14-11(18-7-10(16)17)15(9)8-12(2)5-6-12/h3-8H2,1-2H3,(H,16,17). The molecule has 1 heterocycles. The van der Waals surface area contributed by atoms with Crippen molar-refractivity contribution in [2.45, 2.75) is 51.2 Å². The molecule has 0 spiro atoms. The monoisotopic (exact) mass is 269 g/mol. The Morgan fingerprint density at radius 2 is 2.22 bits per heavy atom. The molecular weight excluding hydrogens is 250 g/mol. The molecule has 2 rings (SSSR count). The van der Waals surface area contributed by atoms with Crippen molar-refractivity contribution >= 4 is 17.7 Å². The Balaban J connectivity index is 2.14. The van der Waals surface area contributed by atoms with Gasteiger partial charge in [-0.05, 0) is 24.7 Å². The molecule has 1 N–H and O–H groups in total. The minimum atomic E-state index is -0.816. The second kappa shape index (κ2) is 5.30. The van der Waals surface area contributed by atoms with Gasteiger partial charge in [0.2, 0.25) is 0 Å². The first-order chi connectivity index (χ1) is 8.54. The molecule has 18 heavy (non-hydrogen) atoms. The van der Waals surface area contributed by atoms with Gasteiger partial charge in [-0.2, -0.15) is 0 Å². The Kier molecular flexibility index (Phi) is 3.94. The van der Waals surface area contributed by atoms with E-state index in [-0.39, 0.29) is 5.75 Å². The Labute approximate surface area is 111 Å². The lowest BCUT2D eigenvalue weighted by Crippen LogP contribution is -2.13. The number of carboxylic acid groups (broad SMARTS) is 1. The van der Waals surface area contributed by atoms with E-state index in [1.54, 1.807) is 0 Å². The lowest BCUT2D eigenvalue weighted by molar-refractivity contribution is -0.133. The molecule has 5 nitrogen and oxygen atoms in total. The number of aryl methyl sites for hydroxylation is 1. The van der Waals surface area contributed by atoms with Crippen LogP contribution in [-0.2, 0) is 17.8 Å². The molecular formula is C12H19N3O2S. The zero-order valence-electron chi connectivity index (χ0n) is 10.8. The van der Waals surface area contributed by atoms with Crippen molar-refractivity contribution in [2.24, 2.45) is 5.41 Å². The molecule has 6 heteroatoms. The summed E-state index contributed by atoms with van der Waals surface area (Å²) in [7, 11) is 0. The number of carboxylic acids is 1. The van der Waals surface area contributed by atoms with E-state index in [1.807, 2.05) is 0 Å². The summed E-state index contributed by atoms with van der Waals surface area (Å²) in [5.74, 6) is 0.212. The van der Waals surface area contributed by atoms with Crippen LogP contribution in [0.15, 0.2) is 5.16 Å². The number of rotatable bonds is 7. The average Bonchev–Trinajstić information content (AvgIpc) is 2.92. The van der Waals surface area contributed by atoms with Crippen LogP contribution in [0.25, 0.3) is 0 Å². The molecule has 0 unspecified atom stereocenters. The first-order valence-electron chi connectivity index (χ1n) is 6.31. The minimum Gasteiger partial charge on any atom is -0.481 e. The van der Waals surface area contributed by atoms with Crippen LogP contribution in [0.2, 0.25) is 0 Å². The summed E-state index contributed by atoms with van der Waals surface area (Å²) in [6, 6.07) is 0. The number of nitrogens with zero attached hydrogens (tertiary/aromatic N) is 3. The highest BCUT2D eigenvalue weighted by Crippen LogP contribution is 2.47. The summed E-state index contributed by atoms with van der Waals surface area (Å²) < 4.78 is 2.12. The van der Waals surface area contributed by atoms with Gasteiger partial charge >= 0.3 is 5.97 Å². The van der Waals surface area contributed by atoms with Crippen molar-refractivity contribution in [1.82, 2.24) is 14.8 Å². The van der Waals surface area contributed by atoms with Crippen LogP contribution in [0.3, 0.4) is 0 Å². The molecule has 1 fully saturated rings. The second-order valence-corrected chi connectivity index (χ2v) is 6.17. The van der Waals surface area contributed by atoms with Crippen molar-refractivity contribution in [2.75, 3.05) is 5.75 Å². The van der Waals surface area contributed by atoms with E-state index in [1.165, 1.54) is 24.6 Å². The normalized spacial score (nSPS) is 16.8. The summed E-state index contributed by atoms with van der Waals surface area (Å²) in [5, 5.41) is 17.8. The fourth-order valence-corrected chi connectivity index (χ4v) is 2.55. The van der Waals surface area contributed by atoms with Gasteiger partial charge in [-0.15, -0.1) is 10.2 Å². The molecule has 0 bridgehead atoms. The van der Waals surface area contributed by atoms with Gasteiger partial charge in [-0.25, -0.2) is 0 Å². The highest BCUT2D eigenvalue weighted by atomic mass is 32.2. The topological polar surface area (TPSA) is 68.0 Å². The number of carbonyl (C=O) groups is 1. The lowest BCUT2D eigenvalue weighted by Gasteiger charge is -2.13. The predicted molar refractivity (Wildman–Crippen MR) is 69.7 cm³/mol. The number of thioether (sulfide) groups is 1. The van der Waals surface area contributed by atoms with Gasteiger partial charge in [-0.3, -0.25) is 4.79 Å². The first-order valence-corrected chi connectivity index (χ1v) is 7.29. The van der Waals surface area contributed by atoms with Gasteiger partial charge in [0.15, 0.2) is 5.16 Å². The molecule has 100 valence electrons. The summed E-state index contributed by atoms with van der Waals surface area (Å²) in [6.45, 7) is 5.29. The Bertz CT molecular complexity index is 441. The van der Waals surface area contributed by atoms with Gasteiger partial charge in [0, 0.05) is 13.0 Å². The summed E-state index contributed by atoms with van der Waals surface area (Å²) in [6.07, 6.45) is 4.40. The smallest absolute Gasteiger partial charge is 0.313 e. The van der Waals surface area contributed by atoms with Crippen LogP contribution in [0.1, 0.15) is 38.9 Å². The Hall–Kier alpha value is -1.04. The van der Waals surface area contributed by atoms with Gasteiger partial charge in [0.05, 0.1) is 5.75 Å². The molecule has 1 aromatic rings. The molecule has 0 aromatic carbocycles. The maximum atomic E-state index is 10.6. The van der Waals surface area contributed by atoms with Crippen molar-refractivity contribution in [3.05, 3.63) is 5.82 Å². The predicted octanol–water partition coefficient (Wildman–Crippen LogP) is 2.21. The Morgan fingerprint density at radius 1 is 1.50 bits per heavy atom. The highest BCUT2D eigenvalue weighted by molar-refractivity contribution is 7.99. The zero-order chi connectivity index (χ0) is 13.2. The molecule has 0 aliphatic heterocycles. The number of hydrogen-bond acceptors (Lipinski definition) is 4. The van der Waals surface area contributed by atoms with Crippen LogP contribution >= 0.6 is 11.8 Å². The summed E-state index contributed by atoms with van der Waals surface area (Å²) in [5.41, 5.74) is 0.364. The third kappa shape index (κ3) is 3.25. The summed E-state index contributed by atoms with van der Waals surface area (Å²) >= 11 is 1.26. The SMILES string of the molecule is CCCc1nnc(SCC(=O)O)n1CC1(C)CC1. The lowest BCUT2D eigenvalue weighted by atomic mass is 10.1. The van der Waals surface area contributed by atoms with Gasteiger partial charge in [0.1, 0.15) is 5.82 Å². The highest BCUT2D eigenvalue weighted by Gasteiger charge is 2.38. The third-order valence-electron chi connectivity index (χ3n) is 3.24. The van der Waals surface area contributed by atoms with E-state index in [0.717, 1.165) is 30.4 Å². The van der Waals surface area contributed by atoms with E-state index in [4.69, 9.17) is 5.11 Å². The molecule has 1 aliphatic rings. The van der Waals surface area contributed by atoms with Crippen molar-refractivity contribution in [3.8, 4) is 0 Å².